The van der Waals surface area contributed by atoms with Gasteiger partial charge in [-0.3, -0.25) is 4.79 Å². The Morgan fingerprint density at radius 1 is 0.943 bits per heavy atom. The average Bonchev–Trinajstić information content (AvgIpc) is 3.37. The SMILES string of the molecule is CCc1ccc(N[C@H]2NC(=O)/C(=C\c3cc(C)n(-c4ccc(-c5ccccc5)cc4)c3C)S2)cc1. The van der Waals surface area contributed by atoms with Crippen molar-refractivity contribution in [2.45, 2.75) is 32.7 Å². The molecule has 1 aliphatic heterocycles. The second-order valence-electron chi connectivity index (χ2n) is 8.75. The summed E-state index contributed by atoms with van der Waals surface area (Å²) in [6.45, 7) is 6.35. The van der Waals surface area contributed by atoms with Crippen LogP contribution in [-0.2, 0) is 11.2 Å². The molecule has 0 bridgehead atoms. The number of thioether (sulfide) groups is 1. The zero-order chi connectivity index (χ0) is 24.4. The number of hydrogen-bond donors (Lipinski definition) is 2. The smallest absolute Gasteiger partial charge is 0.260 e. The first kappa shape index (κ1) is 23.1. The van der Waals surface area contributed by atoms with E-state index < -0.39 is 0 Å². The molecule has 0 spiro atoms. The summed E-state index contributed by atoms with van der Waals surface area (Å²) in [6.07, 6.45) is 3.01. The Morgan fingerprint density at radius 2 is 1.63 bits per heavy atom. The fraction of sp³-hybridized carbons (Fsp3) is 0.167. The largest absolute Gasteiger partial charge is 0.357 e. The Hall–Kier alpha value is -3.70. The van der Waals surface area contributed by atoms with Crippen LogP contribution in [0.2, 0.25) is 0 Å². The number of rotatable bonds is 6. The van der Waals surface area contributed by atoms with Gasteiger partial charge in [0.1, 0.15) is 0 Å². The zero-order valence-electron chi connectivity index (χ0n) is 20.2. The molecule has 35 heavy (non-hydrogen) atoms. The van der Waals surface area contributed by atoms with Crippen LogP contribution < -0.4 is 10.6 Å². The zero-order valence-corrected chi connectivity index (χ0v) is 21.0. The van der Waals surface area contributed by atoms with Crippen molar-refractivity contribution in [3.8, 4) is 16.8 Å². The number of nitrogens with one attached hydrogen (secondary N) is 2. The van der Waals surface area contributed by atoms with E-state index in [0.717, 1.165) is 34.7 Å². The summed E-state index contributed by atoms with van der Waals surface area (Å²) < 4.78 is 2.24. The van der Waals surface area contributed by atoms with Gasteiger partial charge in [-0.15, -0.1) is 0 Å². The molecule has 5 heteroatoms. The molecule has 1 atom stereocenters. The van der Waals surface area contributed by atoms with Crippen molar-refractivity contribution in [3.05, 3.63) is 112 Å². The van der Waals surface area contributed by atoms with Gasteiger partial charge in [0.25, 0.3) is 5.91 Å². The lowest BCUT2D eigenvalue weighted by Crippen LogP contribution is -2.30. The second kappa shape index (κ2) is 9.88. The fourth-order valence-electron chi connectivity index (χ4n) is 4.46. The van der Waals surface area contributed by atoms with Gasteiger partial charge >= 0.3 is 0 Å². The molecule has 2 N–H and O–H groups in total. The van der Waals surface area contributed by atoms with Gasteiger partial charge < -0.3 is 15.2 Å². The highest BCUT2D eigenvalue weighted by atomic mass is 32.2. The number of nitrogens with zero attached hydrogens (tertiary/aromatic N) is 1. The van der Waals surface area contributed by atoms with Crippen molar-refractivity contribution in [2.75, 3.05) is 5.32 Å². The van der Waals surface area contributed by atoms with Crippen LogP contribution in [0.4, 0.5) is 5.69 Å². The summed E-state index contributed by atoms with van der Waals surface area (Å²) in [5.41, 5.74) is 8.93. The van der Waals surface area contributed by atoms with Crippen LogP contribution in [0.25, 0.3) is 22.9 Å². The lowest BCUT2D eigenvalue weighted by Gasteiger charge is -2.12. The highest BCUT2D eigenvalue weighted by Crippen LogP contribution is 2.32. The van der Waals surface area contributed by atoms with Gasteiger partial charge in [-0.2, -0.15) is 0 Å². The van der Waals surface area contributed by atoms with Crippen LogP contribution in [-0.4, -0.2) is 16.0 Å². The Kier molecular flexibility index (Phi) is 6.51. The molecule has 3 aromatic carbocycles. The number of carbonyl (C=O) groups excluding carboxylic acids is 1. The van der Waals surface area contributed by atoms with E-state index >= 15 is 0 Å². The van der Waals surface area contributed by atoms with Gasteiger partial charge in [0.2, 0.25) is 0 Å². The van der Waals surface area contributed by atoms with Gasteiger partial charge in [-0.05, 0) is 78.9 Å². The molecule has 1 fully saturated rings. The van der Waals surface area contributed by atoms with Crippen molar-refractivity contribution in [3.63, 3.8) is 0 Å². The molecule has 5 rings (SSSR count). The van der Waals surface area contributed by atoms with Crippen LogP contribution in [0.3, 0.4) is 0 Å². The number of amides is 1. The van der Waals surface area contributed by atoms with Gasteiger partial charge in [0, 0.05) is 22.8 Å². The predicted octanol–water partition coefficient (Wildman–Crippen LogP) is 6.92. The summed E-state index contributed by atoms with van der Waals surface area (Å²) in [7, 11) is 0. The van der Waals surface area contributed by atoms with Crippen LogP contribution in [0.1, 0.15) is 29.4 Å². The van der Waals surface area contributed by atoms with Crippen LogP contribution in [0, 0.1) is 13.8 Å². The minimum Gasteiger partial charge on any atom is -0.357 e. The first-order chi connectivity index (χ1) is 17.0. The molecule has 1 amide bonds. The fourth-order valence-corrected chi connectivity index (χ4v) is 5.44. The van der Waals surface area contributed by atoms with Gasteiger partial charge in [-0.1, -0.05) is 73.3 Å². The molecule has 0 unspecified atom stereocenters. The first-order valence-corrected chi connectivity index (χ1v) is 12.8. The highest BCUT2D eigenvalue weighted by molar-refractivity contribution is 8.05. The van der Waals surface area contributed by atoms with Crippen molar-refractivity contribution < 1.29 is 4.79 Å². The van der Waals surface area contributed by atoms with Crippen LogP contribution >= 0.6 is 11.8 Å². The quantitative estimate of drug-likeness (QED) is 0.295. The summed E-state index contributed by atoms with van der Waals surface area (Å²) in [5, 5.41) is 6.43. The van der Waals surface area contributed by atoms with E-state index in [1.165, 1.54) is 28.5 Å². The molecule has 1 aromatic heterocycles. The van der Waals surface area contributed by atoms with E-state index in [0.29, 0.717) is 4.91 Å². The minimum absolute atomic E-state index is 0.0466. The van der Waals surface area contributed by atoms with E-state index in [-0.39, 0.29) is 11.4 Å². The molecule has 2 heterocycles. The topological polar surface area (TPSA) is 46.1 Å². The molecule has 176 valence electrons. The van der Waals surface area contributed by atoms with Crippen molar-refractivity contribution in [1.29, 1.82) is 0 Å². The second-order valence-corrected chi connectivity index (χ2v) is 9.90. The van der Waals surface area contributed by atoms with E-state index in [9.17, 15) is 4.79 Å². The summed E-state index contributed by atoms with van der Waals surface area (Å²) in [5.74, 6) is -0.0466. The normalized spacial score (nSPS) is 16.5. The summed E-state index contributed by atoms with van der Waals surface area (Å²) in [6, 6.07) is 29.5. The van der Waals surface area contributed by atoms with E-state index in [1.807, 2.05) is 12.1 Å². The molecular weight excluding hydrogens is 450 g/mol. The minimum atomic E-state index is -0.185. The highest BCUT2D eigenvalue weighted by Gasteiger charge is 2.27. The van der Waals surface area contributed by atoms with Crippen LogP contribution in [0.5, 0.6) is 0 Å². The molecule has 4 aromatic rings. The van der Waals surface area contributed by atoms with Crippen molar-refractivity contribution >= 4 is 29.4 Å². The molecular formula is C30H29N3OS. The molecule has 0 saturated carbocycles. The predicted molar refractivity (Wildman–Crippen MR) is 148 cm³/mol. The average molecular weight is 480 g/mol. The number of aromatic nitrogens is 1. The van der Waals surface area contributed by atoms with Crippen molar-refractivity contribution in [2.24, 2.45) is 0 Å². The third-order valence-electron chi connectivity index (χ3n) is 6.38. The Morgan fingerprint density at radius 3 is 2.31 bits per heavy atom. The lowest BCUT2D eigenvalue weighted by molar-refractivity contribution is -0.116. The molecule has 1 aliphatic rings. The van der Waals surface area contributed by atoms with E-state index in [1.54, 1.807) is 0 Å². The van der Waals surface area contributed by atoms with Gasteiger partial charge in [-0.25, -0.2) is 0 Å². The number of anilines is 1. The molecule has 1 saturated heterocycles. The van der Waals surface area contributed by atoms with Gasteiger partial charge in [0.15, 0.2) is 5.50 Å². The van der Waals surface area contributed by atoms with Gasteiger partial charge in [0.05, 0.1) is 4.91 Å². The van der Waals surface area contributed by atoms with Crippen molar-refractivity contribution in [1.82, 2.24) is 9.88 Å². The number of hydrogen-bond acceptors (Lipinski definition) is 3. The molecule has 0 radical (unpaired) electrons. The Balaban J connectivity index is 1.34. The maximum Gasteiger partial charge on any atom is 0.260 e. The summed E-state index contributed by atoms with van der Waals surface area (Å²) >= 11 is 1.52. The molecule has 0 aliphatic carbocycles. The maximum absolute atomic E-state index is 12.7. The maximum atomic E-state index is 12.7. The van der Waals surface area contributed by atoms with E-state index in [2.05, 4.69) is 115 Å². The molecule has 4 nitrogen and oxygen atoms in total. The summed E-state index contributed by atoms with van der Waals surface area (Å²) in [4.78, 5) is 13.4. The Labute approximate surface area is 211 Å². The standard InChI is InChI=1S/C30H29N3OS/c1-4-22-10-14-26(15-11-22)31-30-32-29(34)28(35-30)19-25-18-20(2)33(21(25)3)27-16-12-24(13-17-27)23-8-6-5-7-9-23/h5-19,30-31H,4H2,1-3H3,(H,32,34)/b28-19+/t30-/m0/s1. The third-order valence-corrected chi connectivity index (χ3v) is 7.41. The number of aryl methyl sites for hydroxylation is 2. The Bertz CT molecular complexity index is 1370. The number of benzene rings is 3. The number of carbonyl (C=O) groups is 1. The monoisotopic (exact) mass is 479 g/mol. The lowest BCUT2D eigenvalue weighted by atomic mass is 10.1. The third kappa shape index (κ3) is 4.91. The van der Waals surface area contributed by atoms with E-state index in [4.69, 9.17) is 0 Å². The first-order valence-electron chi connectivity index (χ1n) is 11.9. The van der Waals surface area contributed by atoms with Crippen LogP contribution in [0.15, 0.2) is 89.8 Å².